The van der Waals surface area contributed by atoms with Crippen molar-refractivity contribution in [3.63, 3.8) is 0 Å². The molecule has 2 N–H and O–H groups in total. The quantitative estimate of drug-likeness (QED) is 0.858. The van der Waals surface area contributed by atoms with Crippen LogP contribution in [0, 0.1) is 0 Å². The largest absolute Gasteiger partial charge is 0.299 e. The van der Waals surface area contributed by atoms with Crippen LogP contribution in [-0.2, 0) is 11.2 Å². The summed E-state index contributed by atoms with van der Waals surface area (Å²) in [7, 11) is 0. The zero-order valence-corrected chi connectivity index (χ0v) is 14.6. The molecule has 1 aromatic heterocycles. The summed E-state index contributed by atoms with van der Waals surface area (Å²) in [6.45, 7) is 0. The van der Waals surface area contributed by atoms with E-state index in [9.17, 15) is 4.79 Å². The number of carbonyl (C=O) groups excluding carboxylic acids is 1. The van der Waals surface area contributed by atoms with Gasteiger partial charge in [-0.3, -0.25) is 15.4 Å². The molecule has 0 aliphatic carbocycles. The van der Waals surface area contributed by atoms with Crippen molar-refractivity contribution >= 4 is 58.1 Å². The highest BCUT2D eigenvalue weighted by molar-refractivity contribution is 7.99. The molecule has 118 valence electrons. The average molecular weight is 377 g/mol. The molecule has 0 bridgehead atoms. The van der Waals surface area contributed by atoms with E-state index in [4.69, 9.17) is 11.6 Å². The van der Waals surface area contributed by atoms with Gasteiger partial charge in [-0.25, -0.2) is 0 Å². The van der Waals surface area contributed by atoms with Crippen LogP contribution >= 0.6 is 47.1 Å². The van der Waals surface area contributed by atoms with Gasteiger partial charge in [0.05, 0.1) is 6.04 Å². The first-order valence-electron chi connectivity index (χ1n) is 6.39. The maximum Gasteiger partial charge on any atom is 0.244 e. The molecular weight excluding hydrogens is 363 g/mol. The van der Waals surface area contributed by atoms with Crippen molar-refractivity contribution < 1.29 is 4.79 Å². The predicted octanol–water partition coefficient (Wildman–Crippen LogP) is 2.81. The lowest BCUT2D eigenvalue weighted by molar-refractivity contribution is -0.117. The van der Waals surface area contributed by atoms with E-state index in [1.54, 1.807) is 11.8 Å². The van der Waals surface area contributed by atoms with Crippen molar-refractivity contribution in [3.8, 4) is 0 Å². The minimum atomic E-state index is -0.143. The SMILES string of the molecule is Cl.O=C(Nc1nnc(Cc2cccc(Cl)c2)s1)C1CSCN1. The first-order chi connectivity index (χ1) is 10.2. The van der Waals surface area contributed by atoms with Crippen molar-refractivity contribution in [3.05, 3.63) is 39.9 Å². The number of aromatic nitrogens is 2. The Hall–Kier alpha value is -0.860. The maximum absolute atomic E-state index is 12.0. The normalized spacial score (nSPS) is 17.0. The van der Waals surface area contributed by atoms with Gasteiger partial charge in [-0.1, -0.05) is 35.1 Å². The van der Waals surface area contributed by atoms with Crippen LogP contribution in [0.4, 0.5) is 5.13 Å². The second-order valence-corrected chi connectivity index (χ2v) is 7.10. The Morgan fingerprint density at radius 2 is 2.32 bits per heavy atom. The number of anilines is 1. The van der Waals surface area contributed by atoms with Gasteiger partial charge in [0.25, 0.3) is 0 Å². The highest BCUT2D eigenvalue weighted by Gasteiger charge is 2.23. The van der Waals surface area contributed by atoms with E-state index in [1.807, 2.05) is 24.3 Å². The zero-order valence-electron chi connectivity index (χ0n) is 11.4. The molecule has 2 heterocycles. The summed E-state index contributed by atoms with van der Waals surface area (Å²) in [5, 5.41) is 16.1. The van der Waals surface area contributed by atoms with Gasteiger partial charge in [0.1, 0.15) is 5.01 Å². The second-order valence-electron chi connectivity index (χ2n) is 4.57. The van der Waals surface area contributed by atoms with Gasteiger partial charge in [0.15, 0.2) is 0 Å². The van der Waals surface area contributed by atoms with Crippen LogP contribution in [0.5, 0.6) is 0 Å². The first-order valence-corrected chi connectivity index (χ1v) is 8.74. The summed E-state index contributed by atoms with van der Waals surface area (Å²) in [5.41, 5.74) is 1.07. The van der Waals surface area contributed by atoms with Crippen LogP contribution in [0.15, 0.2) is 24.3 Å². The number of halogens is 2. The molecule has 1 atom stereocenters. The number of rotatable bonds is 4. The van der Waals surface area contributed by atoms with Crippen LogP contribution in [0.25, 0.3) is 0 Å². The monoisotopic (exact) mass is 376 g/mol. The van der Waals surface area contributed by atoms with E-state index in [-0.39, 0.29) is 24.4 Å². The van der Waals surface area contributed by atoms with Gasteiger partial charge in [0, 0.05) is 23.1 Å². The van der Waals surface area contributed by atoms with E-state index in [0.29, 0.717) is 16.6 Å². The third-order valence-corrected chi connectivity index (χ3v) is 4.99. The predicted molar refractivity (Wildman–Crippen MR) is 94.3 cm³/mol. The van der Waals surface area contributed by atoms with Gasteiger partial charge in [-0.15, -0.1) is 34.4 Å². The first kappa shape index (κ1) is 17.5. The van der Waals surface area contributed by atoms with Gasteiger partial charge in [-0.05, 0) is 17.7 Å². The van der Waals surface area contributed by atoms with Crippen LogP contribution in [0.1, 0.15) is 10.6 Å². The fourth-order valence-corrected chi connectivity index (χ4v) is 3.88. The summed E-state index contributed by atoms with van der Waals surface area (Å²) >= 11 is 9.06. The summed E-state index contributed by atoms with van der Waals surface area (Å²) in [6, 6.07) is 7.50. The molecule has 1 fully saturated rings. The number of benzene rings is 1. The van der Waals surface area contributed by atoms with Crippen molar-refractivity contribution in [1.29, 1.82) is 0 Å². The number of hydrogen-bond donors (Lipinski definition) is 2. The molecule has 1 aliphatic rings. The molecular formula is C13H14Cl2N4OS2. The molecule has 9 heteroatoms. The fourth-order valence-electron chi connectivity index (χ4n) is 1.95. The van der Waals surface area contributed by atoms with Gasteiger partial charge < -0.3 is 0 Å². The molecule has 1 unspecified atom stereocenters. The summed E-state index contributed by atoms with van der Waals surface area (Å²) in [4.78, 5) is 12.0. The Morgan fingerprint density at radius 3 is 3.05 bits per heavy atom. The number of carbonyl (C=O) groups is 1. The number of nitrogens with one attached hydrogen (secondary N) is 2. The Labute approximate surface area is 147 Å². The van der Waals surface area contributed by atoms with E-state index < -0.39 is 0 Å². The molecule has 0 radical (unpaired) electrons. The number of nitrogens with zero attached hydrogens (tertiary/aromatic N) is 2. The Bertz CT molecular complexity index is 646. The molecule has 0 spiro atoms. The lowest BCUT2D eigenvalue weighted by Gasteiger charge is -2.07. The molecule has 1 amide bonds. The van der Waals surface area contributed by atoms with Crippen molar-refractivity contribution in [1.82, 2.24) is 15.5 Å². The molecule has 1 saturated heterocycles. The van der Waals surface area contributed by atoms with Gasteiger partial charge >= 0.3 is 0 Å². The molecule has 3 rings (SSSR count). The van der Waals surface area contributed by atoms with Crippen molar-refractivity contribution in [2.45, 2.75) is 12.5 Å². The topological polar surface area (TPSA) is 66.9 Å². The summed E-state index contributed by atoms with van der Waals surface area (Å²) in [6.07, 6.45) is 0.658. The molecule has 5 nitrogen and oxygen atoms in total. The summed E-state index contributed by atoms with van der Waals surface area (Å²) < 4.78 is 0. The van der Waals surface area contributed by atoms with E-state index in [1.165, 1.54) is 11.3 Å². The Kier molecular flexibility index (Phi) is 6.46. The molecule has 0 saturated carbocycles. The van der Waals surface area contributed by atoms with E-state index in [0.717, 1.165) is 22.2 Å². The summed E-state index contributed by atoms with van der Waals surface area (Å²) in [5.74, 6) is 1.55. The number of thioether (sulfide) groups is 1. The van der Waals surface area contributed by atoms with Crippen LogP contribution < -0.4 is 10.6 Å². The minimum absolute atomic E-state index is 0. The smallest absolute Gasteiger partial charge is 0.244 e. The Morgan fingerprint density at radius 1 is 1.45 bits per heavy atom. The lowest BCUT2D eigenvalue weighted by atomic mass is 10.2. The second kappa shape index (κ2) is 8.12. The van der Waals surface area contributed by atoms with Gasteiger partial charge in [-0.2, -0.15) is 0 Å². The standard InChI is InChI=1S/C13H13ClN4OS2.ClH/c14-9-3-1-2-8(4-9)5-11-17-18-13(21-11)16-12(19)10-6-20-7-15-10;/h1-4,10,15H,5-7H2,(H,16,18,19);1H. The lowest BCUT2D eigenvalue weighted by Crippen LogP contribution is -2.37. The minimum Gasteiger partial charge on any atom is -0.299 e. The fraction of sp³-hybridized carbons (Fsp3) is 0.308. The third kappa shape index (κ3) is 4.57. The highest BCUT2D eigenvalue weighted by Crippen LogP contribution is 2.21. The average Bonchev–Trinajstić information content (AvgIpc) is 3.10. The molecule has 22 heavy (non-hydrogen) atoms. The van der Waals surface area contributed by atoms with E-state index >= 15 is 0 Å². The molecule has 1 aliphatic heterocycles. The third-order valence-electron chi connectivity index (χ3n) is 2.97. The number of hydrogen-bond acceptors (Lipinski definition) is 6. The number of amides is 1. The van der Waals surface area contributed by atoms with Crippen molar-refractivity contribution in [2.24, 2.45) is 0 Å². The maximum atomic E-state index is 12.0. The van der Waals surface area contributed by atoms with Crippen LogP contribution in [0.2, 0.25) is 5.02 Å². The van der Waals surface area contributed by atoms with Crippen molar-refractivity contribution in [2.75, 3.05) is 16.9 Å². The zero-order chi connectivity index (χ0) is 14.7. The van der Waals surface area contributed by atoms with Gasteiger partial charge in [0.2, 0.25) is 11.0 Å². The Balaban J connectivity index is 0.00000176. The van der Waals surface area contributed by atoms with Crippen LogP contribution in [0.3, 0.4) is 0 Å². The van der Waals surface area contributed by atoms with Crippen LogP contribution in [-0.4, -0.2) is 33.8 Å². The van der Waals surface area contributed by atoms with E-state index in [2.05, 4.69) is 20.8 Å². The molecule has 1 aromatic carbocycles. The highest BCUT2D eigenvalue weighted by atomic mass is 35.5. The molecule has 2 aromatic rings.